The number of hydrogen-bond donors (Lipinski definition) is 1. The summed E-state index contributed by atoms with van der Waals surface area (Å²) >= 11 is 5.72. The molecule has 0 radical (unpaired) electrons. The summed E-state index contributed by atoms with van der Waals surface area (Å²) in [7, 11) is 1.47. The third-order valence-electron chi connectivity index (χ3n) is 1.65. The van der Waals surface area contributed by atoms with Gasteiger partial charge in [0.15, 0.2) is 6.79 Å². The molecule has 0 saturated heterocycles. The third kappa shape index (κ3) is 4.93. The summed E-state index contributed by atoms with van der Waals surface area (Å²) in [5, 5.41) is 0.657. The van der Waals surface area contributed by atoms with Crippen LogP contribution in [0.5, 0.6) is 0 Å². The van der Waals surface area contributed by atoms with Crippen molar-refractivity contribution in [3.05, 3.63) is 40.9 Å². The molecule has 0 aliphatic heterocycles. The van der Waals surface area contributed by atoms with Gasteiger partial charge in [0, 0.05) is 18.2 Å². The molecule has 0 unspecified atom stereocenters. The highest BCUT2D eigenvalue weighted by Gasteiger charge is 1.94. The third-order valence-corrected chi connectivity index (χ3v) is 1.90. The summed E-state index contributed by atoms with van der Waals surface area (Å²) in [6.07, 6.45) is 3.01. The SMILES string of the molecule is COCONC(=O)/C=C/c1ccc(Cl)cc1. The summed E-state index contributed by atoms with van der Waals surface area (Å²) < 4.78 is 4.59. The van der Waals surface area contributed by atoms with Crippen molar-refractivity contribution < 1.29 is 14.4 Å². The Morgan fingerprint density at radius 3 is 2.75 bits per heavy atom. The number of benzene rings is 1. The van der Waals surface area contributed by atoms with Crippen molar-refractivity contribution in [3.63, 3.8) is 0 Å². The molecule has 1 rings (SSSR count). The average molecular weight is 242 g/mol. The van der Waals surface area contributed by atoms with Gasteiger partial charge in [0.1, 0.15) is 0 Å². The molecular formula is C11H12ClNO3. The molecule has 1 N–H and O–H groups in total. The van der Waals surface area contributed by atoms with Crippen LogP contribution in [0.25, 0.3) is 6.08 Å². The lowest BCUT2D eigenvalue weighted by Crippen LogP contribution is -2.22. The molecule has 4 nitrogen and oxygen atoms in total. The predicted molar refractivity (Wildman–Crippen MR) is 61.6 cm³/mol. The van der Waals surface area contributed by atoms with Gasteiger partial charge >= 0.3 is 0 Å². The molecule has 0 aliphatic rings. The van der Waals surface area contributed by atoms with Gasteiger partial charge in [-0.05, 0) is 23.8 Å². The van der Waals surface area contributed by atoms with Crippen LogP contribution in [0.3, 0.4) is 0 Å². The van der Waals surface area contributed by atoms with Gasteiger partial charge in [-0.15, -0.1) is 0 Å². The molecule has 0 aliphatic carbocycles. The zero-order chi connectivity index (χ0) is 11.8. The van der Waals surface area contributed by atoms with E-state index in [-0.39, 0.29) is 12.7 Å². The standard InChI is InChI=1S/C11H12ClNO3/c1-15-8-16-13-11(14)7-4-9-2-5-10(12)6-3-9/h2-7H,8H2,1H3,(H,13,14)/b7-4+. The molecule has 0 saturated carbocycles. The number of hydrogen-bond acceptors (Lipinski definition) is 3. The number of carbonyl (C=O) groups is 1. The van der Waals surface area contributed by atoms with E-state index < -0.39 is 0 Å². The van der Waals surface area contributed by atoms with E-state index in [0.29, 0.717) is 5.02 Å². The van der Waals surface area contributed by atoms with E-state index >= 15 is 0 Å². The Bertz CT molecular complexity index is 362. The minimum Gasteiger partial charge on any atom is -0.356 e. The van der Waals surface area contributed by atoms with Crippen LogP contribution in [-0.4, -0.2) is 19.8 Å². The van der Waals surface area contributed by atoms with E-state index in [1.165, 1.54) is 13.2 Å². The first kappa shape index (κ1) is 12.7. The molecule has 0 heterocycles. The summed E-state index contributed by atoms with van der Waals surface area (Å²) in [6, 6.07) is 7.12. The van der Waals surface area contributed by atoms with Crippen LogP contribution in [-0.2, 0) is 14.4 Å². The summed E-state index contributed by atoms with van der Waals surface area (Å²) in [6.45, 7) is 0.0144. The molecule has 16 heavy (non-hydrogen) atoms. The van der Waals surface area contributed by atoms with Gasteiger partial charge in [0.05, 0.1) is 0 Å². The van der Waals surface area contributed by atoms with Crippen molar-refractivity contribution in [2.75, 3.05) is 13.9 Å². The summed E-state index contributed by atoms with van der Waals surface area (Å²) in [5.74, 6) is -0.355. The van der Waals surface area contributed by atoms with Crippen LogP contribution in [0.1, 0.15) is 5.56 Å². The second-order valence-corrected chi connectivity index (χ2v) is 3.34. The van der Waals surface area contributed by atoms with Crippen LogP contribution in [0.2, 0.25) is 5.02 Å². The highest BCUT2D eigenvalue weighted by Crippen LogP contribution is 2.10. The normalized spacial score (nSPS) is 10.6. The van der Waals surface area contributed by atoms with Crippen molar-refractivity contribution in [1.82, 2.24) is 5.48 Å². The maximum Gasteiger partial charge on any atom is 0.267 e. The second kappa shape index (κ2) is 7.00. The number of ether oxygens (including phenoxy) is 1. The first-order chi connectivity index (χ1) is 7.72. The van der Waals surface area contributed by atoms with Crippen LogP contribution < -0.4 is 5.48 Å². The largest absolute Gasteiger partial charge is 0.356 e. The number of halogens is 1. The van der Waals surface area contributed by atoms with E-state index in [1.807, 2.05) is 12.1 Å². The lowest BCUT2D eigenvalue weighted by Gasteiger charge is -2.00. The topological polar surface area (TPSA) is 47.6 Å². The highest BCUT2D eigenvalue weighted by molar-refractivity contribution is 6.30. The Hall–Kier alpha value is -1.36. The van der Waals surface area contributed by atoms with Gasteiger partial charge in [-0.25, -0.2) is 10.3 Å². The van der Waals surface area contributed by atoms with Crippen molar-refractivity contribution >= 4 is 23.6 Å². The maximum absolute atomic E-state index is 11.2. The molecule has 0 aromatic heterocycles. The fourth-order valence-corrected chi connectivity index (χ4v) is 1.07. The summed E-state index contributed by atoms with van der Waals surface area (Å²) in [5.41, 5.74) is 3.07. The summed E-state index contributed by atoms with van der Waals surface area (Å²) in [4.78, 5) is 15.8. The number of amides is 1. The molecule has 0 fully saturated rings. The van der Waals surface area contributed by atoms with Crippen LogP contribution in [0, 0.1) is 0 Å². The first-order valence-electron chi connectivity index (χ1n) is 4.56. The first-order valence-corrected chi connectivity index (χ1v) is 4.94. The van der Waals surface area contributed by atoms with E-state index in [9.17, 15) is 4.79 Å². The Kier molecular flexibility index (Phi) is 5.56. The van der Waals surface area contributed by atoms with Crippen molar-refractivity contribution in [1.29, 1.82) is 0 Å². The Morgan fingerprint density at radius 1 is 1.44 bits per heavy atom. The van der Waals surface area contributed by atoms with E-state index in [0.717, 1.165) is 5.56 Å². The minimum atomic E-state index is -0.355. The van der Waals surface area contributed by atoms with Gasteiger partial charge < -0.3 is 4.74 Å². The Morgan fingerprint density at radius 2 is 2.12 bits per heavy atom. The zero-order valence-corrected chi connectivity index (χ0v) is 9.53. The van der Waals surface area contributed by atoms with Crippen LogP contribution in [0.4, 0.5) is 0 Å². The minimum absolute atomic E-state index is 0.0144. The van der Waals surface area contributed by atoms with Crippen LogP contribution >= 0.6 is 11.6 Å². The van der Waals surface area contributed by atoms with Gasteiger partial charge in [-0.2, -0.15) is 0 Å². The molecule has 86 valence electrons. The molecule has 1 aromatic carbocycles. The fraction of sp³-hybridized carbons (Fsp3) is 0.182. The van der Waals surface area contributed by atoms with Gasteiger partial charge in [-0.3, -0.25) is 4.79 Å². The molecule has 5 heteroatoms. The maximum atomic E-state index is 11.2. The Labute approximate surface area is 98.8 Å². The monoisotopic (exact) mass is 241 g/mol. The van der Waals surface area contributed by atoms with Crippen molar-refractivity contribution in [2.45, 2.75) is 0 Å². The number of hydroxylamine groups is 1. The van der Waals surface area contributed by atoms with Gasteiger partial charge in [0.25, 0.3) is 5.91 Å². The number of nitrogens with one attached hydrogen (secondary N) is 1. The quantitative estimate of drug-likeness (QED) is 0.371. The van der Waals surface area contributed by atoms with Gasteiger partial charge in [-0.1, -0.05) is 23.7 Å². The lowest BCUT2D eigenvalue weighted by atomic mass is 10.2. The van der Waals surface area contributed by atoms with Crippen molar-refractivity contribution in [2.24, 2.45) is 0 Å². The number of methoxy groups -OCH3 is 1. The molecule has 1 amide bonds. The molecule has 1 aromatic rings. The van der Waals surface area contributed by atoms with E-state index in [1.54, 1.807) is 18.2 Å². The average Bonchev–Trinajstić information content (AvgIpc) is 2.29. The zero-order valence-electron chi connectivity index (χ0n) is 8.77. The molecule has 0 spiro atoms. The predicted octanol–water partition coefficient (Wildman–Crippen LogP) is 2.00. The van der Waals surface area contributed by atoms with Gasteiger partial charge in [0.2, 0.25) is 0 Å². The smallest absolute Gasteiger partial charge is 0.267 e. The Balaban J connectivity index is 2.41. The molecular weight excluding hydrogens is 230 g/mol. The van der Waals surface area contributed by atoms with E-state index in [4.69, 9.17) is 11.6 Å². The fourth-order valence-electron chi connectivity index (χ4n) is 0.939. The highest BCUT2D eigenvalue weighted by atomic mass is 35.5. The lowest BCUT2D eigenvalue weighted by molar-refractivity contribution is -0.139. The number of rotatable bonds is 5. The second-order valence-electron chi connectivity index (χ2n) is 2.90. The number of carbonyl (C=O) groups excluding carboxylic acids is 1. The molecule has 0 bridgehead atoms. The van der Waals surface area contributed by atoms with Crippen LogP contribution in [0.15, 0.2) is 30.3 Å². The molecule has 0 atom stereocenters. The van der Waals surface area contributed by atoms with Crippen molar-refractivity contribution in [3.8, 4) is 0 Å². The van der Waals surface area contributed by atoms with E-state index in [2.05, 4.69) is 15.1 Å².